The van der Waals surface area contributed by atoms with E-state index in [1.165, 1.54) is 36.4 Å². The fraction of sp³-hybridized carbons (Fsp3) is 0.429. The number of phenols is 2. The van der Waals surface area contributed by atoms with Gasteiger partial charge in [0.05, 0.1) is 19.8 Å². The van der Waals surface area contributed by atoms with Crippen LogP contribution in [0, 0.1) is 0 Å². The molecule has 2 aliphatic heterocycles. The first-order chi connectivity index (χ1) is 20.4. The summed E-state index contributed by atoms with van der Waals surface area (Å²) in [7, 11) is 0. The molecule has 2 saturated heterocycles. The second-order valence-corrected chi connectivity index (χ2v) is 10.3. The maximum atomic E-state index is 12.8. The Bertz CT molecular complexity index is 1520. The minimum Gasteiger partial charge on any atom is -0.508 e. The van der Waals surface area contributed by atoms with Crippen LogP contribution in [0.5, 0.6) is 17.2 Å². The molecule has 5 rings (SSSR count). The molecule has 0 radical (unpaired) electrons. The van der Waals surface area contributed by atoms with Gasteiger partial charge in [-0.2, -0.15) is 0 Å². The van der Waals surface area contributed by atoms with E-state index in [1.54, 1.807) is 0 Å². The van der Waals surface area contributed by atoms with Crippen molar-refractivity contribution in [2.45, 2.75) is 55.6 Å². The summed E-state index contributed by atoms with van der Waals surface area (Å²) < 4.78 is 33.2. The zero-order valence-corrected chi connectivity index (χ0v) is 22.6. The number of carbonyl (C=O) groups excluding carboxylic acids is 1. The van der Waals surface area contributed by atoms with E-state index in [0.717, 1.165) is 13.0 Å². The van der Waals surface area contributed by atoms with E-state index >= 15 is 0 Å². The number of hydrogen-bond donors (Lipinski definition) is 7. The molecule has 8 atom stereocenters. The molecule has 1 aromatic heterocycles. The standard InChI is InChI=1S/C28H30O15/c1-12(30)40-24-23(35)22(34)20(9-38-27-25(36)28(37,10-29)11-39-27)43-26(24)41-15-6-16(32)21-17(33)8-18(42-19(21)7-15)13-2-4-14(31)5-3-13/h2-8,20,22-27,29,31-32,34-37H,9-11H2,1H3/t20-,22-,23+,24-,25+,26-,27-,28-/m1/s1. The number of rotatable bonds is 8. The summed E-state index contributed by atoms with van der Waals surface area (Å²) in [6, 6.07) is 9.36. The van der Waals surface area contributed by atoms with E-state index < -0.39 is 85.7 Å². The second-order valence-electron chi connectivity index (χ2n) is 10.3. The lowest BCUT2D eigenvalue weighted by molar-refractivity contribution is -0.292. The number of phenolic OH excluding ortho intramolecular Hbond substituents is 2. The molecule has 0 unspecified atom stereocenters. The van der Waals surface area contributed by atoms with Crippen LogP contribution in [0.2, 0.25) is 0 Å². The molecule has 2 fully saturated rings. The lowest BCUT2D eigenvalue weighted by Crippen LogP contribution is -2.61. The Balaban J connectivity index is 1.41. The molecule has 15 heteroatoms. The third-order valence-corrected chi connectivity index (χ3v) is 7.14. The van der Waals surface area contributed by atoms with Crippen molar-refractivity contribution in [1.82, 2.24) is 0 Å². The van der Waals surface area contributed by atoms with Crippen LogP contribution >= 0.6 is 0 Å². The number of aliphatic hydroxyl groups is 5. The minimum absolute atomic E-state index is 0.00431. The van der Waals surface area contributed by atoms with Gasteiger partial charge in [-0.3, -0.25) is 9.59 Å². The number of hydrogen-bond acceptors (Lipinski definition) is 15. The number of ether oxygens (including phenoxy) is 5. The maximum Gasteiger partial charge on any atom is 0.303 e. The van der Waals surface area contributed by atoms with E-state index in [0.29, 0.717) is 5.56 Å². The van der Waals surface area contributed by atoms with Crippen LogP contribution in [-0.4, -0.2) is 110 Å². The first-order valence-corrected chi connectivity index (χ1v) is 13.1. The molecule has 0 aliphatic carbocycles. The quantitative estimate of drug-likeness (QED) is 0.154. The van der Waals surface area contributed by atoms with Crippen LogP contribution < -0.4 is 10.2 Å². The molecule has 15 nitrogen and oxygen atoms in total. The van der Waals surface area contributed by atoms with Crippen molar-refractivity contribution in [3.8, 4) is 28.6 Å². The number of aliphatic hydroxyl groups excluding tert-OH is 4. The van der Waals surface area contributed by atoms with Gasteiger partial charge in [0, 0.05) is 30.7 Å². The Morgan fingerprint density at radius 1 is 1.05 bits per heavy atom. The minimum atomic E-state index is -1.96. The van der Waals surface area contributed by atoms with Gasteiger partial charge in [-0.05, 0) is 24.3 Å². The normalized spacial score (nSPS) is 30.8. The average molecular weight is 607 g/mol. The lowest BCUT2D eigenvalue weighted by Gasteiger charge is -2.41. The highest BCUT2D eigenvalue weighted by molar-refractivity contribution is 5.86. The van der Waals surface area contributed by atoms with Gasteiger partial charge in [0.25, 0.3) is 0 Å². The smallest absolute Gasteiger partial charge is 0.303 e. The van der Waals surface area contributed by atoms with Gasteiger partial charge < -0.3 is 63.8 Å². The molecule has 7 N–H and O–H groups in total. The summed E-state index contributed by atoms with van der Waals surface area (Å²) in [5.74, 6) is -1.35. The van der Waals surface area contributed by atoms with Crippen LogP contribution in [0.3, 0.4) is 0 Å². The fourth-order valence-electron chi connectivity index (χ4n) is 4.79. The van der Waals surface area contributed by atoms with Gasteiger partial charge in [-0.1, -0.05) is 0 Å². The Labute approximate surface area is 242 Å². The molecule has 0 saturated carbocycles. The highest BCUT2D eigenvalue weighted by atomic mass is 16.7. The van der Waals surface area contributed by atoms with Crippen LogP contribution in [-0.2, 0) is 23.7 Å². The number of carbonyl (C=O) groups is 1. The van der Waals surface area contributed by atoms with Crippen molar-refractivity contribution < 1.29 is 68.6 Å². The largest absolute Gasteiger partial charge is 0.508 e. The van der Waals surface area contributed by atoms with E-state index in [1.807, 2.05) is 0 Å². The highest BCUT2D eigenvalue weighted by Crippen LogP contribution is 2.34. The van der Waals surface area contributed by atoms with Crippen molar-refractivity contribution >= 4 is 16.9 Å². The molecule has 3 heterocycles. The van der Waals surface area contributed by atoms with E-state index in [4.69, 9.17) is 28.1 Å². The van der Waals surface area contributed by atoms with Gasteiger partial charge in [0.15, 0.2) is 17.8 Å². The first kappa shape index (κ1) is 30.7. The Morgan fingerprint density at radius 3 is 2.42 bits per heavy atom. The molecule has 0 amide bonds. The predicted octanol–water partition coefficient (Wildman–Crippen LogP) is -0.914. The molecule has 0 bridgehead atoms. The van der Waals surface area contributed by atoms with E-state index in [2.05, 4.69) is 0 Å². The summed E-state index contributed by atoms with van der Waals surface area (Å²) in [6.07, 6.45) is -11.0. The van der Waals surface area contributed by atoms with Crippen LogP contribution in [0.25, 0.3) is 22.3 Å². The van der Waals surface area contributed by atoms with Crippen LogP contribution in [0.15, 0.2) is 51.7 Å². The van der Waals surface area contributed by atoms with Crippen LogP contribution in [0.4, 0.5) is 0 Å². The summed E-state index contributed by atoms with van der Waals surface area (Å²) in [5.41, 5.74) is -2.16. The van der Waals surface area contributed by atoms with Crippen LogP contribution in [0.1, 0.15) is 6.92 Å². The van der Waals surface area contributed by atoms with Crippen molar-refractivity contribution in [3.63, 3.8) is 0 Å². The number of fused-ring (bicyclic) bond motifs is 1. The van der Waals surface area contributed by atoms with Gasteiger partial charge in [0.1, 0.15) is 64.0 Å². The third kappa shape index (κ3) is 6.15. The van der Waals surface area contributed by atoms with Gasteiger partial charge in [-0.15, -0.1) is 0 Å². The number of esters is 1. The zero-order valence-electron chi connectivity index (χ0n) is 22.6. The van der Waals surface area contributed by atoms with Crippen molar-refractivity contribution in [2.24, 2.45) is 0 Å². The number of benzene rings is 2. The molecule has 0 spiro atoms. The monoisotopic (exact) mass is 606 g/mol. The molecule has 2 aliphatic rings. The predicted molar refractivity (Wildman–Crippen MR) is 142 cm³/mol. The van der Waals surface area contributed by atoms with Gasteiger partial charge in [-0.25, -0.2) is 0 Å². The second kappa shape index (κ2) is 12.1. The topological polar surface area (TPSA) is 235 Å². The lowest BCUT2D eigenvalue weighted by atomic mass is 9.98. The molecular weight excluding hydrogens is 576 g/mol. The fourth-order valence-corrected chi connectivity index (χ4v) is 4.79. The summed E-state index contributed by atoms with van der Waals surface area (Å²) in [4.78, 5) is 24.6. The van der Waals surface area contributed by atoms with Crippen molar-refractivity contribution in [1.29, 1.82) is 0 Å². The number of aromatic hydroxyl groups is 2. The van der Waals surface area contributed by atoms with Crippen molar-refractivity contribution in [2.75, 3.05) is 19.8 Å². The summed E-state index contributed by atoms with van der Waals surface area (Å²) in [6.45, 7) is -0.678. The maximum absolute atomic E-state index is 12.8. The van der Waals surface area contributed by atoms with Crippen molar-refractivity contribution in [3.05, 3.63) is 52.7 Å². The molecule has 43 heavy (non-hydrogen) atoms. The molecular formula is C28H30O15. The SMILES string of the molecule is CC(=O)O[C@H]1[C@H](Oc2cc(O)c3c(=O)cc(-c4ccc(O)cc4)oc3c2)O[C@H](CO[C@@H]2OC[C@](O)(CO)[C@H]2O)[C@@H](O)[C@@H]1O. The summed E-state index contributed by atoms with van der Waals surface area (Å²) in [5, 5.41) is 71.2. The first-order valence-electron chi connectivity index (χ1n) is 13.1. The Kier molecular flexibility index (Phi) is 8.60. The highest BCUT2D eigenvalue weighted by Gasteiger charge is 2.51. The average Bonchev–Trinajstić information content (AvgIpc) is 3.25. The summed E-state index contributed by atoms with van der Waals surface area (Å²) >= 11 is 0. The molecule has 232 valence electrons. The third-order valence-electron chi connectivity index (χ3n) is 7.14. The van der Waals surface area contributed by atoms with Gasteiger partial charge >= 0.3 is 5.97 Å². The molecule has 3 aromatic rings. The van der Waals surface area contributed by atoms with E-state index in [-0.39, 0.29) is 28.2 Å². The molecule has 2 aromatic carbocycles. The van der Waals surface area contributed by atoms with E-state index in [9.17, 15) is 45.3 Å². The zero-order chi connectivity index (χ0) is 31.1. The Hall–Kier alpha value is -3.80. The Morgan fingerprint density at radius 2 is 1.77 bits per heavy atom. The van der Waals surface area contributed by atoms with Gasteiger partial charge in [0.2, 0.25) is 6.29 Å².